The van der Waals surface area contributed by atoms with Crippen molar-refractivity contribution < 1.29 is 34.6 Å². The van der Waals surface area contributed by atoms with Gasteiger partial charge in [0, 0.05) is 33.2 Å². The van der Waals surface area contributed by atoms with E-state index in [-0.39, 0.29) is 31.6 Å². The zero-order valence-corrected chi connectivity index (χ0v) is 19.5. The molecule has 1 aromatic heterocycles. The first-order valence-corrected chi connectivity index (χ1v) is 9.35. The number of para-hydroxylation sites is 1. The summed E-state index contributed by atoms with van der Waals surface area (Å²) in [6.07, 6.45) is 1.17. The van der Waals surface area contributed by atoms with Gasteiger partial charge in [0.05, 0.1) is 11.5 Å². The Labute approximate surface area is 191 Å². The number of pyridine rings is 1. The number of aliphatic hydroxyl groups is 1. The number of rotatable bonds is 2. The van der Waals surface area contributed by atoms with Crippen LogP contribution in [0.4, 0.5) is 0 Å². The van der Waals surface area contributed by atoms with Gasteiger partial charge in [-0.1, -0.05) is 48.5 Å². The van der Waals surface area contributed by atoms with Crippen molar-refractivity contribution in [2.24, 2.45) is 0 Å². The van der Waals surface area contributed by atoms with Gasteiger partial charge in [0.1, 0.15) is 5.52 Å². The second kappa shape index (κ2) is 10.1. The van der Waals surface area contributed by atoms with Crippen LogP contribution < -0.4 is 4.57 Å². The third-order valence-corrected chi connectivity index (χ3v) is 4.62. The normalized spacial score (nSPS) is 10.8. The van der Waals surface area contributed by atoms with Crippen LogP contribution in [0.15, 0.2) is 84.6 Å². The van der Waals surface area contributed by atoms with E-state index in [9.17, 15) is 4.79 Å². The van der Waals surface area contributed by atoms with Crippen LogP contribution in [0, 0.1) is 14.0 Å². The minimum absolute atomic E-state index is 0. The molecule has 0 atom stereocenters. The van der Waals surface area contributed by atoms with Gasteiger partial charge in [-0.15, -0.1) is 17.7 Å². The molecule has 0 spiro atoms. The van der Waals surface area contributed by atoms with Crippen LogP contribution in [-0.2, 0) is 24.9 Å². The Morgan fingerprint density at radius 2 is 1.40 bits per heavy atom. The fourth-order valence-corrected chi connectivity index (χ4v) is 3.46. The number of benzene rings is 3. The number of carbonyl (C=O) groups is 1. The van der Waals surface area contributed by atoms with Crippen LogP contribution in [0.3, 0.4) is 0 Å². The Hall–Kier alpha value is -3.07. The molecule has 0 fully saturated rings. The molecule has 0 unspecified atom stereocenters. The van der Waals surface area contributed by atoms with Crippen molar-refractivity contribution in [3.05, 3.63) is 104 Å². The summed E-state index contributed by atoms with van der Waals surface area (Å²) < 4.78 is 2.03. The number of hydrogen-bond acceptors (Lipinski definition) is 2. The molecule has 30 heavy (non-hydrogen) atoms. The van der Waals surface area contributed by atoms with E-state index < -0.39 is 0 Å². The molecule has 1 N–H and O–H groups in total. The number of allylic oxidation sites excluding steroid dienone is 2. The molecule has 4 aromatic rings. The largest absolute Gasteiger partial charge is 0.512 e. The summed E-state index contributed by atoms with van der Waals surface area (Å²) in [7, 11) is 4.31. The van der Waals surface area contributed by atoms with Crippen LogP contribution in [0.1, 0.15) is 19.4 Å². The molecule has 1 radical (unpaired) electrons. The molecular formula is C26H24IrNO2-. The van der Waals surface area contributed by atoms with Crippen molar-refractivity contribution in [2.75, 3.05) is 0 Å². The smallest absolute Gasteiger partial charge is 0.155 e. The van der Waals surface area contributed by atoms with E-state index in [0.29, 0.717) is 0 Å². The zero-order valence-electron chi connectivity index (χ0n) is 17.1. The molecule has 4 heteroatoms. The fraction of sp³-hybridized carbons (Fsp3) is 0.0769. The first-order valence-electron chi connectivity index (χ1n) is 9.35. The quantitative estimate of drug-likeness (QED) is 0.108. The predicted molar refractivity (Wildman–Crippen MR) is 119 cm³/mol. The number of fused-ring (bicyclic) bond motifs is 3. The number of ketones is 1. The monoisotopic (exact) mass is 575 g/mol. The van der Waals surface area contributed by atoms with Gasteiger partial charge in [-0.25, -0.2) is 0 Å². The van der Waals surface area contributed by atoms with Gasteiger partial charge in [-0.3, -0.25) is 4.79 Å². The maximum Gasteiger partial charge on any atom is 0.155 e. The van der Waals surface area contributed by atoms with Crippen molar-refractivity contribution in [3.8, 4) is 11.3 Å². The number of aromatic nitrogens is 1. The first-order chi connectivity index (χ1) is 13.9. The zero-order chi connectivity index (χ0) is 21.0. The molecule has 0 saturated carbocycles. The summed E-state index contributed by atoms with van der Waals surface area (Å²) in [5.41, 5.74) is 4.37. The van der Waals surface area contributed by atoms with Gasteiger partial charge in [-0.2, -0.15) is 18.6 Å². The summed E-state index contributed by atoms with van der Waals surface area (Å²) in [5, 5.41) is 12.0. The number of carbonyl (C=O) groups excluding carboxylic acids is 1. The molecule has 0 saturated heterocycles. The van der Waals surface area contributed by atoms with E-state index in [1.165, 1.54) is 36.1 Å². The van der Waals surface area contributed by atoms with Crippen LogP contribution >= 0.6 is 0 Å². The summed E-state index contributed by atoms with van der Waals surface area (Å²) in [5.74, 6) is -0.0625. The van der Waals surface area contributed by atoms with Gasteiger partial charge < -0.3 is 9.67 Å². The molecule has 0 aliphatic heterocycles. The van der Waals surface area contributed by atoms with Gasteiger partial charge in [0.15, 0.2) is 5.78 Å². The third kappa shape index (κ3) is 4.91. The molecule has 1 heterocycles. The molecule has 0 aliphatic rings. The van der Waals surface area contributed by atoms with Crippen molar-refractivity contribution >= 4 is 27.5 Å². The second-order valence-corrected chi connectivity index (χ2v) is 6.89. The van der Waals surface area contributed by atoms with E-state index in [4.69, 9.17) is 5.11 Å². The average Bonchev–Trinajstić information content (AvgIpc) is 2.69. The third-order valence-electron chi connectivity index (χ3n) is 4.62. The van der Waals surface area contributed by atoms with E-state index in [0.717, 1.165) is 22.3 Å². The van der Waals surface area contributed by atoms with Crippen LogP contribution in [0.25, 0.3) is 32.9 Å². The van der Waals surface area contributed by atoms with E-state index in [1.807, 2.05) is 22.8 Å². The number of aliphatic hydroxyl groups excluding tert-OH is 1. The van der Waals surface area contributed by atoms with Crippen LogP contribution in [0.5, 0.6) is 0 Å². The second-order valence-electron chi connectivity index (χ2n) is 6.89. The van der Waals surface area contributed by atoms with Gasteiger partial charge in [0.25, 0.3) is 0 Å². The predicted octanol–water partition coefficient (Wildman–Crippen LogP) is 5.80. The molecule has 3 nitrogen and oxygen atoms in total. The Morgan fingerprint density at radius 3 is 1.97 bits per heavy atom. The summed E-state index contributed by atoms with van der Waals surface area (Å²) >= 11 is 0. The van der Waals surface area contributed by atoms with Gasteiger partial charge in [0.2, 0.25) is 0 Å². The van der Waals surface area contributed by atoms with Gasteiger partial charge >= 0.3 is 0 Å². The van der Waals surface area contributed by atoms with E-state index >= 15 is 0 Å². The Kier molecular flexibility index (Phi) is 7.82. The van der Waals surface area contributed by atoms with E-state index in [2.05, 4.69) is 68.6 Å². The van der Waals surface area contributed by atoms with Gasteiger partial charge in [-0.05, 0) is 36.1 Å². The molecule has 3 aromatic carbocycles. The SMILES string of the molecule is CC(=O)/C=C(/C)O.[CH2-]c1ccccc1-c1c2ccccc2c2ccccc2[n+]1[CH2-].[Ir]. The van der Waals surface area contributed by atoms with Crippen molar-refractivity contribution in [1.29, 1.82) is 0 Å². The van der Waals surface area contributed by atoms with E-state index in [1.54, 1.807) is 0 Å². The minimum Gasteiger partial charge on any atom is -0.512 e. The summed E-state index contributed by atoms with van der Waals surface area (Å²) in [6.45, 7) is 7.03. The average molecular weight is 575 g/mol. The molecule has 0 aliphatic carbocycles. The first kappa shape index (κ1) is 23.2. The molecule has 4 rings (SSSR count). The maximum absolute atomic E-state index is 10.0. The minimum atomic E-state index is -0.125. The Balaban J connectivity index is 0.000000350. The van der Waals surface area contributed by atoms with Crippen molar-refractivity contribution in [2.45, 2.75) is 13.8 Å². The molecule has 155 valence electrons. The van der Waals surface area contributed by atoms with Crippen LogP contribution in [0.2, 0.25) is 0 Å². The summed E-state index contributed by atoms with van der Waals surface area (Å²) in [4.78, 5) is 10.0. The molecule has 0 amide bonds. The molecule has 0 bridgehead atoms. The number of nitrogens with zero attached hydrogens (tertiary/aromatic N) is 1. The standard InChI is InChI=1S/C21H16N.C5H8O2.Ir/c1-15-9-3-4-10-16(15)21-19-13-6-5-11-17(19)18-12-7-8-14-20(18)22(21)2;1-4(6)3-5(2)7;/h3-14H,1-2H2;3,6H,1-2H3;/q-1;;/b;4-3-;. The Bertz CT molecular complexity index is 1220. The number of hydrogen-bond donors (Lipinski definition) is 1. The molecular weight excluding hydrogens is 551 g/mol. The van der Waals surface area contributed by atoms with Crippen LogP contribution in [-0.4, -0.2) is 10.9 Å². The topological polar surface area (TPSA) is 41.2 Å². The Morgan fingerprint density at radius 1 is 0.867 bits per heavy atom. The fourth-order valence-electron chi connectivity index (χ4n) is 3.46. The maximum atomic E-state index is 10.0. The van der Waals surface area contributed by atoms with Crippen molar-refractivity contribution in [3.63, 3.8) is 0 Å². The summed E-state index contributed by atoms with van der Waals surface area (Å²) in [6, 6.07) is 25.1. The van der Waals surface area contributed by atoms with Crippen molar-refractivity contribution in [1.82, 2.24) is 0 Å².